The fourth-order valence-electron chi connectivity index (χ4n) is 1.19. The smallest absolute Gasteiger partial charge is 0.351 e. The maximum atomic E-state index is 11.9. The summed E-state index contributed by atoms with van der Waals surface area (Å²) in [4.78, 5) is 0. The summed E-state index contributed by atoms with van der Waals surface area (Å²) < 4.78 is 27.4. The van der Waals surface area contributed by atoms with E-state index in [0.29, 0.717) is 6.42 Å². The van der Waals surface area contributed by atoms with Crippen LogP contribution in [0.4, 0.5) is 0 Å². The Hall–Kier alpha value is -0.400. The molecule has 0 aliphatic carbocycles. The summed E-state index contributed by atoms with van der Waals surface area (Å²) in [6.07, 6.45) is -0.521. The minimum absolute atomic E-state index is 0.145. The van der Waals surface area contributed by atoms with E-state index in [-0.39, 0.29) is 18.6 Å². The van der Waals surface area contributed by atoms with Gasteiger partial charge in [-0.25, -0.2) is 0 Å². The fourth-order valence-corrected chi connectivity index (χ4v) is 3.08. The van der Waals surface area contributed by atoms with E-state index in [1.54, 1.807) is 13.8 Å². The largest absolute Gasteiger partial charge is 0.356 e. The lowest BCUT2D eigenvalue weighted by atomic mass is 10.3. The first-order chi connectivity index (χ1) is 7.00. The first kappa shape index (κ1) is 12.7. The van der Waals surface area contributed by atoms with Gasteiger partial charge in [0.25, 0.3) is 0 Å². The molecule has 86 valence electrons. The van der Waals surface area contributed by atoms with Gasteiger partial charge in [0.1, 0.15) is 6.10 Å². The van der Waals surface area contributed by atoms with Crippen molar-refractivity contribution in [3.8, 4) is 6.07 Å². The Balaban J connectivity index is 2.46. The van der Waals surface area contributed by atoms with Gasteiger partial charge in [-0.2, -0.15) is 5.26 Å². The van der Waals surface area contributed by atoms with Gasteiger partial charge in [0, 0.05) is 0 Å². The van der Waals surface area contributed by atoms with E-state index < -0.39 is 13.7 Å². The topological polar surface area (TPSA) is 68.5 Å². The van der Waals surface area contributed by atoms with Crippen LogP contribution < -0.4 is 0 Å². The molecule has 3 unspecified atom stereocenters. The molecular weight excluding hydrogens is 217 g/mol. The Labute approximate surface area is 89.8 Å². The van der Waals surface area contributed by atoms with Gasteiger partial charge in [-0.3, -0.25) is 4.57 Å². The van der Waals surface area contributed by atoms with Crippen LogP contribution in [0.15, 0.2) is 0 Å². The van der Waals surface area contributed by atoms with E-state index in [1.807, 2.05) is 13.0 Å². The van der Waals surface area contributed by atoms with Gasteiger partial charge in [0.2, 0.25) is 0 Å². The van der Waals surface area contributed by atoms with Gasteiger partial charge in [0.15, 0.2) is 6.35 Å². The zero-order valence-corrected chi connectivity index (χ0v) is 10.1. The van der Waals surface area contributed by atoms with E-state index in [1.165, 1.54) is 0 Å². The normalized spacial score (nSPS) is 37.5. The number of hydrogen-bond acceptors (Lipinski definition) is 5. The van der Waals surface area contributed by atoms with E-state index in [9.17, 15) is 4.57 Å². The van der Waals surface area contributed by atoms with E-state index in [0.717, 1.165) is 0 Å². The molecule has 3 atom stereocenters. The van der Waals surface area contributed by atoms with Crippen molar-refractivity contribution in [1.29, 1.82) is 5.26 Å². The van der Waals surface area contributed by atoms with Gasteiger partial charge >= 0.3 is 7.60 Å². The minimum atomic E-state index is -3.14. The zero-order valence-electron chi connectivity index (χ0n) is 9.17. The highest BCUT2D eigenvalue weighted by Crippen LogP contribution is 2.56. The molecule has 1 aliphatic rings. The highest BCUT2D eigenvalue weighted by molar-refractivity contribution is 7.53. The van der Waals surface area contributed by atoms with Gasteiger partial charge in [-0.15, -0.1) is 0 Å². The number of hydrogen-bond donors (Lipinski definition) is 0. The highest BCUT2D eigenvalue weighted by atomic mass is 31.2. The fraction of sp³-hybridized carbons (Fsp3) is 0.889. The molecule has 1 saturated heterocycles. The summed E-state index contributed by atoms with van der Waals surface area (Å²) in [6.45, 7) is 5.42. The van der Waals surface area contributed by atoms with Crippen molar-refractivity contribution >= 4 is 7.60 Å². The molecule has 0 amide bonds. The van der Waals surface area contributed by atoms with Crippen LogP contribution in [0, 0.1) is 11.3 Å². The molecule has 0 saturated carbocycles. The average Bonchev–Trinajstić information content (AvgIpc) is 2.43. The molecule has 0 spiro atoms. The maximum absolute atomic E-state index is 11.9. The third-order valence-corrected chi connectivity index (χ3v) is 4.04. The summed E-state index contributed by atoms with van der Waals surface area (Å²) in [5.41, 5.74) is 0. The molecule has 1 heterocycles. The average molecular weight is 233 g/mol. The van der Waals surface area contributed by atoms with Crippen molar-refractivity contribution in [3.63, 3.8) is 0 Å². The summed E-state index contributed by atoms with van der Waals surface area (Å²) in [5, 5.41) is 8.64. The molecule has 0 aromatic carbocycles. The molecule has 0 N–H and O–H groups in total. The lowest BCUT2D eigenvalue weighted by molar-refractivity contribution is 0.108. The van der Waals surface area contributed by atoms with Crippen LogP contribution in [0.25, 0.3) is 0 Å². The highest BCUT2D eigenvalue weighted by Gasteiger charge is 2.40. The second kappa shape index (κ2) is 5.09. The Kier molecular flexibility index (Phi) is 4.30. The predicted octanol–water partition coefficient (Wildman–Crippen LogP) is 2.28. The predicted molar refractivity (Wildman–Crippen MR) is 54.3 cm³/mol. The third-order valence-electron chi connectivity index (χ3n) is 2.26. The van der Waals surface area contributed by atoms with Crippen molar-refractivity contribution in [2.24, 2.45) is 0 Å². The summed E-state index contributed by atoms with van der Waals surface area (Å²) in [7, 11) is -3.14. The Morgan fingerprint density at radius 1 is 1.47 bits per heavy atom. The van der Waals surface area contributed by atoms with Crippen molar-refractivity contribution in [2.75, 3.05) is 6.35 Å². The van der Waals surface area contributed by atoms with Crippen molar-refractivity contribution in [1.82, 2.24) is 0 Å². The van der Waals surface area contributed by atoms with Crippen LogP contribution in [-0.2, 0) is 18.3 Å². The lowest BCUT2D eigenvalue weighted by Crippen LogP contribution is -2.13. The summed E-state index contributed by atoms with van der Waals surface area (Å²) in [6, 6.07) is 1.96. The van der Waals surface area contributed by atoms with Gasteiger partial charge in [-0.05, 0) is 20.3 Å². The Morgan fingerprint density at radius 3 is 2.40 bits per heavy atom. The van der Waals surface area contributed by atoms with Crippen LogP contribution in [0.1, 0.15) is 27.2 Å². The second-order valence-electron chi connectivity index (χ2n) is 3.55. The SMILES string of the molecule is CCC(C#N)OCP1(=O)OC(C)C(C)O1. The first-order valence-corrected chi connectivity index (χ1v) is 6.70. The second-order valence-corrected chi connectivity index (χ2v) is 5.46. The monoisotopic (exact) mass is 233 g/mol. The van der Waals surface area contributed by atoms with Crippen molar-refractivity contribution in [3.05, 3.63) is 0 Å². The van der Waals surface area contributed by atoms with Gasteiger partial charge in [-0.1, -0.05) is 6.92 Å². The van der Waals surface area contributed by atoms with Crippen LogP contribution in [-0.4, -0.2) is 24.7 Å². The maximum Gasteiger partial charge on any atom is 0.356 e. The first-order valence-electron chi connectivity index (χ1n) is 4.98. The quantitative estimate of drug-likeness (QED) is 0.697. The van der Waals surface area contributed by atoms with Crippen molar-refractivity contribution < 1.29 is 18.3 Å². The standard InChI is InChI=1S/C9H16NO4P/c1-4-9(5-10)12-6-15(11)13-7(2)8(3)14-15/h7-9H,4,6H2,1-3H3. The van der Waals surface area contributed by atoms with E-state index in [2.05, 4.69) is 0 Å². The van der Waals surface area contributed by atoms with Crippen LogP contribution >= 0.6 is 7.60 Å². The third kappa shape index (κ3) is 3.29. The van der Waals surface area contributed by atoms with Crippen molar-refractivity contribution in [2.45, 2.75) is 45.5 Å². The lowest BCUT2D eigenvalue weighted by Gasteiger charge is -2.12. The number of nitrogens with zero attached hydrogens (tertiary/aromatic N) is 1. The Morgan fingerprint density at radius 2 is 2.00 bits per heavy atom. The molecule has 0 radical (unpaired) electrons. The molecule has 15 heavy (non-hydrogen) atoms. The molecular formula is C9H16NO4P. The van der Waals surface area contributed by atoms with E-state index >= 15 is 0 Å². The van der Waals surface area contributed by atoms with Gasteiger partial charge in [0.05, 0.1) is 18.3 Å². The number of ether oxygens (including phenoxy) is 1. The summed E-state index contributed by atoms with van der Waals surface area (Å²) >= 11 is 0. The molecule has 1 rings (SSSR count). The number of rotatable bonds is 4. The van der Waals surface area contributed by atoms with Gasteiger partial charge < -0.3 is 13.8 Å². The Bertz CT molecular complexity index is 287. The molecule has 5 nitrogen and oxygen atoms in total. The zero-order chi connectivity index (χ0) is 11.5. The molecule has 1 aliphatic heterocycles. The molecule has 0 bridgehead atoms. The molecule has 1 fully saturated rings. The summed E-state index contributed by atoms with van der Waals surface area (Å²) in [5.74, 6) is 0. The van der Waals surface area contributed by atoms with E-state index in [4.69, 9.17) is 19.0 Å². The van der Waals surface area contributed by atoms with Crippen LogP contribution in [0.5, 0.6) is 0 Å². The minimum Gasteiger partial charge on any atom is -0.351 e. The molecule has 6 heteroatoms. The molecule has 0 aromatic heterocycles. The van der Waals surface area contributed by atoms with Crippen LogP contribution in [0.3, 0.4) is 0 Å². The van der Waals surface area contributed by atoms with Crippen LogP contribution in [0.2, 0.25) is 0 Å². The molecule has 0 aromatic rings. The number of nitriles is 1.